The summed E-state index contributed by atoms with van der Waals surface area (Å²) in [5.41, 5.74) is 10.4. The van der Waals surface area contributed by atoms with E-state index in [1.807, 2.05) is 48.3 Å². The maximum absolute atomic E-state index is 12.1. The first kappa shape index (κ1) is 20.7. The van der Waals surface area contributed by atoms with E-state index in [4.69, 9.17) is 10.7 Å². The van der Waals surface area contributed by atoms with Gasteiger partial charge in [0.05, 0.1) is 18.6 Å². The molecule has 1 aliphatic heterocycles. The van der Waals surface area contributed by atoms with Crippen LogP contribution in [0.2, 0.25) is 0 Å². The zero-order valence-electron chi connectivity index (χ0n) is 18.3. The number of hydrogen-bond acceptors (Lipinski definition) is 7. The molecule has 5 rings (SSSR count). The number of likely N-dealkylation sites (tertiary alicyclic amines) is 1. The smallest absolute Gasteiger partial charge is 0.246 e. The predicted octanol–water partition coefficient (Wildman–Crippen LogP) is 2.90. The van der Waals surface area contributed by atoms with E-state index in [1.165, 1.54) is 6.08 Å². The summed E-state index contributed by atoms with van der Waals surface area (Å²) in [6, 6.07) is 8.01. The molecule has 4 aromatic rings. The number of rotatable bonds is 5. The van der Waals surface area contributed by atoms with E-state index < -0.39 is 0 Å². The Morgan fingerprint density at radius 1 is 1.24 bits per heavy atom. The largest absolute Gasteiger partial charge is 0.382 e. The second-order valence-corrected chi connectivity index (χ2v) is 8.15. The molecule has 0 aliphatic carbocycles. The minimum absolute atomic E-state index is 0.0599. The van der Waals surface area contributed by atoms with Crippen molar-refractivity contribution in [2.45, 2.75) is 18.9 Å². The molecule has 1 atom stereocenters. The van der Waals surface area contributed by atoms with Gasteiger partial charge in [-0.15, -0.1) is 0 Å². The Hall–Kier alpha value is -4.21. The van der Waals surface area contributed by atoms with Gasteiger partial charge in [0.25, 0.3) is 0 Å². The third-order valence-corrected chi connectivity index (χ3v) is 5.90. The molecule has 10 heteroatoms. The number of nitrogen functional groups attached to an aromatic ring is 1. The summed E-state index contributed by atoms with van der Waals surface area (Å²) >= 11 is 0. The zero-order valence-corrected chi connectivity index (χ0v) is 18.3. The van der Waals surface area contributed by atoms with Gasteiger partial charge in [-0.2, -0.15) is 15.1 Å². The van der Waals surface area contributed by atoms with E-state index in [9.17, 15) is 4.79 Å². The number of nitrogens with zero attached hydrogens (tertiary/aromatic N) is 7. The van der Waals surface area contributed by atoms with Gasteiger partial charge in [0, 0.05) is 37.6 Å². The molecule has 1 aromatic carbocycles. The number of aryl methyl sites for hydroxylation is 1. The molecule has 1 fully saturated rings. The second kappa shape index (κ2) is 8.38. The quantitative estimate of drug-likeness (QED) is 0.455. The van der Waals surface area contributed by atoms with Crippen LogP contribution in [0.5, 0.6) is 0 Å². The van der Waals surface area contributed by atoms with Crippen molar-refractivity contribution in [2.24, 2.45) is 7.05 Å². The molecule has 3 aromatic heterocycles. The summed E-state index contributed by atoms with van der Waals surface area (Å²) in [5, 5.41) is 7.45. The summed E-state index contributed by atoms with van der Waals surface area (Å²) in [6.07, 6.45) is 8.71. The number of imidazole rings is 1. The molecule has 10 nitrogen and oxygen atoms in total. The maximum atomic E-state index is 12.1. The molecule has 1 amide bonds. The summed E-state index contributed by atoms with van der Waals surface area (Å²) < 4.78 is 3.77. The molecule has 0 spiro atoms. The fourth-order valence-corrected chi connectivity index (χ4v) is 4.22. The molecular formula is C23H25N9O. The van der Waals surface area contributed by atoms with Crippen LogP contribution in [0.15, 0.2) is 55.6 Å². The first-order chi connectivity index (χ1) is 16.0. The number of fused-ring (bicyclic) bond motifs is 1. The molecule has 3 N–H and O–H groups in total. The lowest BCUT2D eigenvalue weighted by Gasteiger charge is -2.32. The highest BCUT2D eigenvalue weighted by Gasteiger charge is 2.25. The first-order valence-corrected chi connectivity index (χ1v) is 10.8. The van der Waals surface area contributed by atoms with Gasteiger partial charge in [0.2, 0.25) is 11.9 Å². The van der Waals surface area contributed by atoms with Crippen LogP contribution in [0.25, 0.3) is 22.3 Å². The van der Waals surface area contributed by atoms with Crippen molar-refractivity contribution in [3.05, 3.63) is 55.6 Å². The number of carbonyl (C=O) groups excluding carboxylic acids is 1. The molecule has 4 heterocycles. The molecule has 168 valence electrons. The number of amides is 1. The normalized spacial score (nSPS) is 16.2. The van der Waals surface area contributed by atoms with Crippen LogP contribution < -0.4 is 11.1 Å². The van der Waals surface area contributed by atoms with Gasteiger partial charge in [0.15, 0.2) is 11.5 Å². The van der Waals surface area contributed by atoms with E-state index in [2.05, 4.69) is 27.0 Å². The average molecular weight is 444 g/mol. The minimum Gasteiger partial charge on any atom is -0.382 e. The van der Waals surface area contributed by atoms with Crippen LogP contribution in [-0.2, 0) is 11.8 Å². The Kier molecular flexibility index (Phi) is 5.25. The molecule has 1 saturated heterocycles. The van der Waals surface area contributed by atoms with Crippen LogP contribution in [-0.4, -0.2) is 53.2 Å². The summed E-state index contributed by atoms with van der Waals surface area (Å²) in [4.78, 5) is 27.4. The topological polar surface area (TPSA) is 120 Å². The standard InChI is InChI=1S/C23H25N9O/c1-3-19(33)31-10-4-5-18(13-31)32-14-25-20-21(24)28-23(29-22(20)32)27-17-8-6-15(7-9-17)16-11-26-30(2)12-16/h3,6-9,11-12,14,18H,1,4-5,10,13H2,2H3,(H3,24,27,28,29)/t18-/m0/s1. The molecule has 0 radical (unpaired) electrons. The van der Waals surface area contributed by atoms with Gasteiger partial charge in [-0.05, 0) is 36.6 Å². The Balaban J connectivity index is 1.40. The number of nitrogens with one attached hydrogen (secondary N) is 1. The SMILES string of the molecule is C=CC(=O)N1CCC[C@H](n2cnc3c(N)nc(Nc4ccc(-c5cnn(C)c5)cc4)nc32)C1. The number of benzene rings is 1. The van der Waals surface area contributed by atoms with Crippen LogP contribution in [0.4, 0.5) is 17.5 Å². The van der Waals surface area contributed by atoms with Crippen molar-refractivity contribution in [2.75, 3.05) is 24.1 Å². The third-order valence-electron chi connectivity index (χ3n) is 5.90. The molecule has 33 heavy (non-hydrogen) atoms. The van der Waals surface area contributed by atoms with Gasteiger partial charge in [-0.3, -0.25) is 9.48 Å². The zero-order chi connectivity index (χ0) is 22.9. The van der Waals surface area contributed by atoms with Crippen molar-refractivity contribution in [1.29, 1.82) is 0 Å². The van der Waals surface area contributed by atoms with E-state index in [0.717, 1.165) is 36.2 Å². The Morgan fingerprint density at radius 3 is 2.79 bits per heavy atom. The van der Waals surface area contributed by atoms with Gasteiger partial charge in [-0.25, -0.2) is 4.98 Å². The van der Waals surface area contributed by atoms with Crippen LogP contribution >= 0.6 is 0 Å². The molecule has 0 saturated carbocycles. The van der Waals surface area contributed by atoms with E-state index in [0.29, 0.717) is 29.5 Å². The molecule has 1 aliphatic rings. The van der Waals surface area contributed by atoms with E-state index in [-0.39, 0.29) is 11.9 Å². The summed E-state index contributed by atoms with van der Waals surface area (Å²) in [7, 11) is 1.89. The summed E-state index contributed by atoms with van der Waals surface area (Å²) in [5.74, 6) is 0.643. The minimum atomic E-state index is -0.0599. The van der Waals surface area contributed by atoms with Gasteiger partial charge >= 0.3 is 0 Å². The molecule has 0 bridgehead atoms. The number of nitrogens with two attached hydrogens (primary N) is 1. The Morgan fingerprint density at radius 2 is 2.06 bits per heavy atom. The average Bonchev–Trinajstić information content (AvgIpc) is 3.46. The number of aromatic nitrogens is 6. The highest BCUT2D eigenvalue weighted by molar-refractivity contribution is 5.87. The Labute approximate surface area is 190 Å². The molecular weight excluding hydrogens is 418 g/mol. The fraction of sp³-hybridized carbons (Fsp3) is 0.261. The fourth-order valence-electron chi connectivity index (χ4n) is 4.22. The van der Waals surface area contributed by atoms with Crippen molar-refractivity contribution in [1.82, 2.24) is 34.2 Å². The van der Waals surface area contributed by atoms with Crippen molar-refractivity contribution in [3.63, 3.8) is 0 Å². The van der Waals surface area contributed by atoms with Crippen LogP contribution in [0.1, 0.15) is 18.9 Å². The van der Waals surface area contributed by atoms with Gasteiger partial charge in [-0.1, -0.05) is 18.7 Å². The second-order valence-electron chi connectivity index (χ2n) is 8.15. The molecule has 0 unspecified atom stereocenters. The van der Waals surface area contributed by atoms with E-state index in [1.54, 1.807) is 15.9 Å². The number of carbonyl (C=O) groups is 1. The first-order valence-electron chi connectivity index (χ1n) is 10.8. The number of anilines is 3. The lowest BCUT2D eigenvalue weighted by atomic mass is 10.1. The van der Waals surface area contributed by atoms with Crippen molar-refractivity contribution in [3.8, 4) is 11.1 Å². The lowest BCUT2D eigenvalue weighted by Crippen LogP contribution is -2.39. The summed E-state index contributed by atoms with van der Waals surface area (Å²) in [6.45, 7) is 4.91. The highest BCUT2D eigenvalue weighted by atomic mass is 16.2. The Bertz CT molecular complexity index is 1320. The number of hydrogen-bond donors (Lipinski definition) is 2. The maximum Gasteiger partial charge on any atom is 0.246 e. The van der Waals surface area contributed by atoms with Crippen LogP contribution in [0, 0.1) is 0 Å². The number of piperidine rings is 1. The van der Waals surface area contributed by atoms with Crippen molar-refractivity contribution >= 4 is 34.5 Å². The van der Waals surface area contributed by atoms with Gasteiger partial charge in [0.1, 0.15) is 5.52 Å². The highest BCUT2D eigenvalue weighted by Crippen LogP contribution is 2.28. The lowest BCUT2D eigenvalue weighted by molar-refractivity contribution is -0.127. The van der Waals surface area contributed by atoms with Crippen LogP contribution in [0.3, 0.4) is 0 Å². The van der Waals surface area contributed by atoms with E-state index >= 15 is 0 Å². The van der Waals surface area contributed by atoms with Crippen molar-refractivity contribution < 1.29 is 4.79 Å². The van der Waals surface area contributed by atoms with Gasteiger partial charge < -0.3 is 20.5 Å². The third kappa shape index (κ3) is 4.02. The predicted molar refractivity (Wildman–Crippen MR) is 127 cm³/mol. The monoisotopic (exact) mass is 443 g/mol.